The second kappa shape index (κ2) is 8.04. The molecule has 144 valence electrons. The van der Waals surface area contributed by atoms with Crippen molar-refractivity contribution in [3.63, 3.8) is 0 Å². The van der Waals surface area contributed by atoms with Gasteiger partial charge in [0.15, 0.2) is 0 Å². The van der Waals surface area contributed by atoms with E-state index in [4.69, 9.17) is 0 Å². The third kappa shape index (κ3) is 4.82. The molecule has 0 radical (unpaired) electrons. The van der Waals surface area contributed by atoms with E-state index < -0.39 is 11.7 Å². The van der Waals surface area contributed by atoms with E-state index in [9.17, 15) is 18.0 Å². The normalized spacial score (nSPS) is 15.6. The number of carbonyl (C=O) groups is 1. The lowest BCUT2D eigenvalue weighted by Gasteiger charge is -2.27. The SMILES string of the molecule is CN(CC1CCNCC1)C(=O)c1cnc(-c2ccc(C(F)(F)F)cc2)cn1. The van der Waals surface area contributed by atoms with Crippen LogP contribution in [0.2, 0.25) is 0 Å². The lowest BCUT2D eigenvalue weighted by Crippen LogP contribution is -2.37. The van der Waals surface area contributed by atoms with Gasteiger partial charge in [-0.3, -0.25) is 9.78 Å². The van der Waals surface area contributed by atoms with E-state index in [-0.39, 0.29) is 11.6 Å². The molecule has 0 aliphatic carbocycles. The quantitative estimate of drug-likeness (QED) is 0.888. The third-order valence-corrected chi connectivity index (χ3v) is 4.72. The maximum Gasteiger partial charge on any atom is 0.416 e. The fraction of sp³-hybridized carbons (Fsp3) is 0.421. The number of hydrogen-bond acceptors (Lipinski definition) is 4. The summed E-state index contributed by atoms with van der Waals surface area (Å²) < 4.78 is 37.9. The Hall–Kier alpha value is -2.48. The third-order valence-electron chi connectivity index (χ3n) is 4.72. The van der Waals surface area contributed by atoms with Crippen LogP contribution >= 0.6 is 0 Å². The number of halogens is 3. The minimum atomic E-state index is -4.38. The van der Waals surface area contributed by atoms with Gasteiger partial charge in [-0.05, 0) is 44.0 Å². The summed E-state index contributed by atoms with van der Waals surface area (Å²) in [6, 6.07) is 4.70. The van der Waals surface area contributed by atoms with Crippen LogP contribution in [0.4, 0.5) is 13.2 Å². The average molecular weight is 378 g/mol. The Kier molecular flexibility index (Phi) is 5.74. The Morgan fingerprint density at radius 3 is 2.37 bits per heavy atom. The van der Waals surface area contributed by atoms with Crippen molar-refractivity contribution in [2.45, 2.75) is 19.0 Å². The van der Waals surface area contributed by atoms with Gasteiger partial charge in [-0.25, -0.2) is 4.98 Å². The predicted molar refractivity (Wildman–Crippen MR) is 95.0 cm³/mol. The van der Waals surface area contributed by atoms with Crippen molar-refractivity contribution in [2.24, 2.45) is 5.92 Å². The van der Waals surface area contributed by atoms with Crippen LogP contribution in [0.3, 0.4) is 0 Å². The molecule has 1 aliphatic heterocycles. The summed E-state index contributed by atoms with van der Waals surface area (Å²) in [7, 11) is 1.75. The van der Waals surface area contributed by atoms with Crippen molar-refractivity contribution < 1.29 is 18.0 Å². The van der Waals surface area contributed by atoms with E-state index >= 15 is 0 Å². The molecule has 1 saturated heterocycles. The Balaban J connectivity index is 1.66. The highest BCUT2D eigenvalue weighted by Crippen LogP contribution is 2.30. The first-order valence-electron chi connectivity index (χ1n) is 8.80. The molecule has 0 atom stereocenters. The van der Waals surface area contributed by atoms with Crippen molar-refractivity contribution in [1.29, 1.82) is 0 Å². The summed E-state index contributed by atoms with van der Waals surface area (Å²) in [6.45, 7) is 2.60. The molecule has 3 rings (SSSR count). The monoisotopic (exact) mass is 378 g/mol. The van der Waals surface area contributed by atoms with Crippen LogP contribution in [0.15, 0.2) is 36.7 Å². The molecule has 0 unspecified atom stereocenters. The van der Waals surface area contributed by atoms with Crippen LogP contribution in [-0.4, -0.2) is 47.5 Å². The summed E-state index contributed by atoms with van der Waals surface area (Å²) >= 11 is 0. The van der Waals surface area contributed by atoms with Crippen molar-refractivity contribution in [1.82, 2.24) is 20.2 Å². The van der Waals surface area contributed by atoms with Gasteiger partial charge in [0.2, 0.25) is 0 Å². The Morgan fingerprint density at radius 2 is 1.81 bits per heavy atom. The zero-order valence-corrected chi connectivity index (χ0v) is 15.0. The number of nitrogens with zero attached hydrogens (tertiary/aromatic N) is 3. The van der Waals surface area contributed by atoms with Gasteiger partial charge >= 0.3 is 6.18 Å². The summed E-state index contributed by atoms with van der Waals surface area (Å²) in [4.78, 5) is 22.5. The van der Waals surface area contributed by atoms with E-state index in [2.05, 4.69) is 15.3 Å². The lowest BCUT2D eigenvalue weighted by atomic mass is 9.97. The molecule has 27 heavy (non-hydrogen) atoms. The van der Waals surface area contributed by atoms with Gasteiger partial charge in [0.25, 0.3) is 5.91 Å². The van der Waals surface area contributed by atoms with Crippen molar-refractivity contribution in [3.8, 4) is 11.3 Å². The Labute approximate surface area is 155 Å². The molecule has 1 aromatic carbocycles. The van der Waals surface area contributed by atoms with E-state index in [0.717, 1.165) is 38.1 Å². The van der Waals surface area contributed by atoms with E-state index in [0.29, 0.717) is 23.7 Å². The molecule has 1 fully saturated rings. The molecule has 2 aromatic rings. The van der Waals surface area contributed by atoms with Crippen LogP contribution in [0.1, 0.15) is 28.9 Å². The number of piperidine rings is 1. The van der Waals surface area contributed by atoms with Crippen molar-refractivity contribution >= 4 is 5.91 Å². The van der Waals surface area contributed by atoms with Crippen LogP contribution < -0.4 is 5.32 Å². The van der Waals surface area contributed by atoms with Crippen molar-refractivity contribution in [2.75, 3.05) is 26.7 Å². The first kappa shape index (κ1) is 19.3. The highest BCUT2D eigenvalue weighted by molar-refractivity contribution is 5.92. The molecule has 1 aliphatic rings. The molecule has 1 N–H and O–H groups in total. The van der Waals surface area contributed by atoms with Crippen molar-refractivity contribution in [3.05, 3.63) is 47.9 Å². The number of hydrogen-bond donors (Lipinski definition) is 1. The first-order chi connectivity index (χ1) is 12.8. The van der Waals surface area contributed by atoms with Crippen LogP contribution in [0.25, 0.3) is 11.3 Å². The van der Waals surface area contributed by atoms with Gasteiger partial charge in [-0.1, -0.05) is 12.1 Å². The smallest absolute Gasteiger partial charge is 0.340 e. The summed E-state index contributed by atoms with van der Waals surface area (Å²) in [5.74, 6) is 0.264. The lowest BCUT2D eigenvalue weighted by molar-refractivity contribution is -0.137. The molecule has 2 heterocycles. The number of nitrogens with one attached hydrogen (secondary N) is 1. The van der Waals surface area contributed by atoms with Gasteiger partial charge in [-0.2, -0.15) is 13.2 Å². The zero-order valence-electron chi connectivity index (χ0n) is 15.0. The molecule has 1 aromatic heterocycles. The van der Waals surface area contributed by atoms with E-state index in [1.807, 2.05) is 0 Å². The maximum atomic E-state index is 12.6. The van der Waals surface area contributed by atoms with E-state index in [1.54, 1.807) is 11.9 Å². The zero-order chi connectivity index (χ0) is 19.4. The fourth-order valence-corrected chi connectivity index (χ4v) is 3.15. The maximum absolute atomic E-state index is 12.6. The Bertz CT molecular complexity index is 769. The second-order valence-electron chi connectivity index (χ2n) is 6.74. The van der Waals surface area contributed by atoms with Crippen LogP contribution in [-0.2, 0) is 6.18 Å². The topological polar surface area (TPSA) is 58.1 Å². The predicted octanol–water partition coefficient (Wildman–Crippen LogP) is 3.23. The highest BCUT2D eigenvalue weighted by atomic mass is 19.4. The molecule has 1 amide bonds. The van der Waals surface area contributed by atoms with Crippen LogP contribution in [0.5, 0.6) is 0 Å². The number of amides is 1. The molecule has 5 nitrogen and oxygen atoms in total. The average Bonchev–Trinajstić information content (AvgIpc) is 2.68. The molecule has 0 saturated carbocycles. The fourth-order valence-electron chi connectivity index (χ4n) is 3.15. The van der Waals surface area contributed by atoms with E-state index in [1.165, 1.54) is 24.5 Å². The number of benzene rings is 1. The summed E-state index contributed by atoms with van der Waals surface area (Å²) in [6.07, 6.45) is 0.480. The standard InChI is InChI=1S/C19H21F3N4O/c1-26(12-13-6-8-23-9-7-13)18(27)17-11-24-16(10-25-17)14-2-4-15(5-3-14)19(20,21)22/h2-5,10-11,13,23H,6-9,12H2,1H3. The summed E-state index contributed by atoms with van der Waals surface area (Å²) in [5, 5.41) is 3.29. The number of alkyl halides is 3. The first-order valence-corrected chi connectivity index (χ1v) is 8.80. The number of rotatable bonds is 4. The molecular formula is C19H21F3N4O. The number of carbonyl (C=O) groups excluding carboxylic acids is 1. The molecule has 0 bridgehead atoms. The second-order valence-corrected chi connectivity index (χ2v) is 6.74. The van der Waals surface area contributed by atoms with Gasteiger partial charge in [-0.15, -0.1) is 0 Å². The number of aromatic nitrogens is 2. The Morgan fingerprint density at radius 1 is 1.15 bits per heavy atom. The largest absolute Gasteiger partial charge is 0.416 e. The molecule has 0 spiro atoms. The van der Waals surface area contributed by atoms with Gasteiger partial charge in [0, 0.05) is 19.2 Å². The van der Waals surface area contributed by atoms with Gasteiger partial charge < -0.3 is 10.2 Å². The van der Waals surface area contributed by atoms with Gasteiger partial charge in [0.05, 0.1) is 23.7 Å². The minimum Gasteiger partial charge on any atom is -0.340 e. The molecular weight excluding hydrogens is 357 g/mol. The summed E-state index contributed by atoms with van der Waals surface area (Å²) in [5.41, 5.74) is 0.437. The minimum absolute atomic E-state index is 0.208. The molecule has 8 heteroatoms. The highest BCUT2D eigenvalue weighted by Gasteiger charge is 2.30. The van der Waals surface area contributed by atoms with Gasteiger partial charge in [0.1, 0.15) is 5.69 Å². The van der Waals surface area contributed by atoms with Crippen LogP contribution in [0, 0.1) is 5.92 Å².